The molecule has 0 saturated heterocycles. The lowest BCUT2D eigenvalue weighted by atomic mass is 10.1. The number of aryl methyl sites for hydroxylation is 3. The summed E-state index contributed by atoms with van der Waals surface area (Å²) in [6.07, 6.45) is 0.944. The lowest BCUT2D eigenvalue weighted by Gasteiger charge is -2.11. The van der Waals surface area contributed by atoms with Gasteiger partial charge in [-0.2, -0.15) is 4.98 Å². The standard InChI is InChI=1S/C17H24N4O/c1-12-8-13(2)10-15(9-12)20-17-19-14(3)11-16(21-17)18-6-5-7-22-4/h8-11H,5-7H2,1-4H3,(H2,18,19,20,21). The van der Waals surface area contributed by atoms with Gasteiger partial charge in [-0.3, -0.25) is 0 Å². The summed E-state index contributed by atoms with van der Waals surface area (Å²) in [5.41, 5.74) is 4.37. The van der Waals surface area contributed by atoms with Crippen LogP contribution in [0.15, 0.2) is 24.3 Å². The molecule has 1 aromatic heterocycles. The van der Waals surface area contributed by atoms with E-state index in [1.165, 1.54) is 11.1 Å². The second kappa shape index (κ2) is 7.75. The molecule has 0 bridgehead atoms. The Balaban J connectivity index is 2.08. The van der Waals surface area contributed by atoms with E-state index in [-0.39, 0.29) is 0 Å². The summed E-state index contributed by atoms with van der Waals surface area (Å²) in [6.45, 7) is 7.70. The van der Waals surface area contributed by atoms with Crippen molar-refractivity contribution in [1.29, 1.82) is 0 Å². The fourth-order valence-electron chi connectivity index (χ4n) is 2.32. The second-order valence-corrected chi connectivity index (χ2v) is 5.49. The van der Waals surface area contributed by atoms with Gasteiger partial charge in [-0.1, -0.05) is 6.07 Å². The molecule has 0 unspecified atom stereocenters. The van der Waals surface area contributed by atoms with Crippen molar-refractivity contribution in [3.8, 4) is 0 Å². The minimum Gasteiger partial charge on any atom is -0.385 e. The Morgan fingerprint density at radius 3 is 2.41 bits per heavy atom. The minimum atomic E-state index is 0.610. The SMILES string of the molecule is COCCCNc1cc(C)nc(Nc2cc(C)cc(C)c2)n1. The molecule has 0 fully saturated rings. The Bertz CT molecular complexity index is 608. The van der Waals surface area contributed by atoms with Crippen LogP contribution in [0.25, 0.3) is 0 Å². The predicted molar refractivity (Wildman–Crippen MR) is 91.0 cm³/mol. The average Bonchev–Trinajstić information content (AvgIpc) is 2.42. The van der Waals surface area contributed by atoms with Gasteiger partial charge in [0.25, 0.3) is 0 Å². The van der Waals surface area contributed by atoms with Crippen LogP contribution in [-0.2, 0) is 4.74 Å². The van der Waals surface area contributed by atoms with Crippen molar-refractivity contribution in [2.45, 2.75) is 27.2 Å². The fraction of sp³-hybridized carbons (Fsp3) is 0.412. The average molecular weight is 300 g/mol. The van der Waals surface area contributed by atoms with E-state index in [9.17, 15) is 0 Å². The van der Waals surface area contributed by atoms with E-state index in [4.69, 9.17) is 4.74 Å². The van der Waals surface area contributed by atoms with Crippen LogP contribution < -0.4 is 10.6 Å². The molecule has 2 N–H and O–H groups in total. The number of hydrogen-bond donors (Lipinski definition) is 2. The molecular formula is C17H24N4O. The van der Waals surface area contributed by atoms with Crippen LogP contribution in [0, 0.1) is 20.8 Å². The quantitative estimate of drug-likeness (QED) is 0.765. The van der Waals surface area contributed by atoms with Gasteiger partial charge in [0.15, 0.2) is 0 Å². The molecule has 0 saturated carbocycles. The summed E-state index contributed by atoms with van der Waals surface area (Å²) >= 11 is 0. The van der Waals surface area contributed by atoms with Crippen molar-refractivity contribution in [3.63, 3.8) is 0 Å². The number of aromatic nitrogens is 2. The molecule has 0 aliphatic carbocycles. The lowest BCUT2D eigenvalue weighted by Crippen LogP contribution is -2.08. The van der Waals surface area contributed by atoms with Gasteiger partial charge in [0.05, 0.1) is 0 Å². The summed E-state index contributed by atoms with van der Waals surface area (Å²) in [5.74, 6) is 1.44. The predicted octanol–water partition coefficient (Wildman–Crippen LogP) is 3.59. The van der Waals surface area contributed by atoms with Gasteiger partial charge in [0.2, 0.25) is 5.95 Å². The third-order valence-corrected chi connectivity index (χ3v) is 3.16. The van der Waals surface area contributed by atoms with Crippen LogP contribution in [0.5, 0.6) is 0 Å². The van der Waals surface area contributed by atoms with E-state index in [1.807, 2.05) is 13.0 Å². The molecule has 22 heavy (non-hydrogen) atoms. The normalized spacial score (nSPS) is 10.5. The number of ether oxygens (including phenoxy) is 1. The van der Waals surface area contributed by atoms with E-state index < -0.39 is 0 Å². The molecule has 118 valence electrons. The van der Waals surface area contributed by atoms with E-state index in [0.717, 1.165) is 36.8 Å². The largest absolute Gasteiger partial charge is 0.385 e. The number of nitrogens with one attached hydrogen (secondary N) is 2. The lowest BCUT2D eigenvalue weighted by molar-refractivity contribution is 0.198. The van der Waals surface area contributed by atoms with Gasteiger partial charge >= 0.3 is 0 Å². The Morgan fingerprint density at radius 1 is 1.00 bits per heavy atom. The van der Waals surface area contributed by atoms with Crippen molar-refractivity contribution in [2.24, 2.45) is 0 Å². The maximum atomic E-state index is 5.04. The number of rotatable bonds is 7. The first-order valence-electron chi connectivity index (χ1n) is 7.50. The van der Waals surface area contributed by atoms with Crippen LogP contribution in [0.3, 0.4) is 0 Å². The van der Waals surface area contributed by atoms with Crippen LogP contribution >= 0.6 is 0 Å². The summed E-state index contributed by atoms with van der Waals surface area (Å²) in [7, 11) is 1.71. The molecule has 0 atom stereocenters. The zero-order chi connectivity index (χ0) is 15.9. The maximum Gasteiger partial charge on any atom is 0.229 e. The molecule has 0 amide bonds. The van der Waals surface area contributed by atoms with Crippen molar-refractivity contribution in [2.75, 3.05) is 30.9 Å². The number of hydrogen-bond acceptors (Lipinski definition) is 5. The van der Waals surface area contributed by atoms with E-state index >= 15 is 0 Å². The molecule has 2 rings (SSSR count). The molecule has 1 aromatic carbocycles. The molecule has 0 radical (unpaired) electrons. The highest BCUT2D eigenvalue weighted by molar-refractivity contribution is 5.57. The van der Waals surface area contributed by atoms with Crippen molar-refractivity contribution in [1.82, 2.24) is 9.97 Å². The summed E-state index contributed by atoms with van der Waals surface area (Å²) in [4.78, 5) is 8.96. The smallest absolute Gasteiger partial charge is 0.229 e. The molecular weight excluding hydrogens is 276 g/mol. The molecule has 0 aliphatic rings. The highest BCUT2D eigenvalue weighted by Crippen LogP contribution is 2.18. The first kappa shape index (κ1) is 16.2. The number of benzene rings is 1. The van der Waals surface area contributed by atoms with Gasteiger partial charge < -0.3 is 15.4 Å². The first-order valence-corrected chi connectivity index (χ1v) is 7.50. The van der Waals surface area contributed by atoms with Crippen LogP contribution in [-0.4, -0.2) is 30.2 Å². The molecule has 0 spiro atoms. The maximum absolute atomic E-state index is 5.04. The van der Waals surface area contributed by atoms with Crippen LogP contribution in [0.1, 0.15) is 23.2 Å². The van der Waals surface area contributed by atoms with Gasteiger partial charge in [-0.05, 0) is 50.5 Å². The molecule has 0 aliphatic heterocycles. The second-order valence-electron chi connectivity index (χ2n) is 5.49. The fourth-order valence-corrected chi connectivity index (χ4v) is 2.32. The Labute approximate surface area is 132 Å². The van der Waals surface area contributed by atoms with E-state index in [0.29, 0.717) is 5.95 Å². The first-order chi connectivity index (χ1) is 10.6. The number of methoxy groups -OCH3 is 1. The monoisotopic (exact) mass is 300 g/mol. The van der Waals surface area contributed by atoms with E-state index in [1.54, 1.807) is 7.11 Å². The zero-order valence-electron chi connectivity index (χ0n) is 13.7. The molecule has 1 heterocycles. The molecule has 2 aromatic rings. The Kier molecular flexibility index (Phi) is 5.72. The van der Waals surface area contributed by atoms with Crippen LogP contribution in [0.4, 0.5) is 17.5 Å². The zero-order valence-corrected chi connectivity index (χ0v) is 13.7. The van der Waals surface area contributed by atoms with Crippen molar-refractivity contribution < 1.29 is 4.74 Å². The van der Waals surface area contributed by atoms with E-state index in [2.05, 4.69) is 52.6 Å². The summed E-state index contributed by atoms with van der Waals surface area (Å²) < 4.78 is 5.04. The van der Waals surface area contributed by atoms with Crippen molar-refractivity contribution >= 4 is 17.5 Å². The van der Waals surface area contributed by atoms with Crippen molar-refractivity contribution in [3.05, 3.63) is 41.1 Å². The topological polar surface area (TPSA) is 59.1 Å². The van der Waals surface area contributed by atoms with Crippen LogP contribution in [0.2, 0.25) is 0 Å². The summed E-state index contributed by atoms with van der Waals surface area (Å²) in [5, 5.41) is 6.58. The Morgan fingerprint density at radius 2 is 1.73 bits per heavy atom. The third-order valence-electron chi connectivity index (χ3n) is 3.16. The van der Waals surface area contributed by atoms with Gasteiger partial charge in [-0.15, -0.1) is 0 Å². The van der Waals surface area contributed by atoms with Gasteiger partial charge in [0, 0.05) is 37.7 Å². The number of anilines is 3. The summed E-state index contributed by atoms with van der Waals surface area (Å²) in [6, 6.07) is 8.26. The van der Waals surface area contributed by atoms with Gasteiger partial charge in [-0.25, -0.2) is 4.98 Å². The van der Waals surface area contributed by atoms with Gasteiger partial charge in [0.1, 0.15) is 5.82 Å². The molecule has 5 nitrogen and oxygen atoms in total. The highest BCUT2D eigenvalue weighted by atomic mass is 16.5. The highest BCUT2D eigenvalue weighted by Gasteiger charge is 2.04. The number of nitrogens with zero attached hydrogens (tertiary/aromatic N) is 2. The minimum absolute atomic E-state index is 0.610. The Hall–Kier alpha value is -2.14. The third kappa shape index (κ3) is 5.00. The molecule has 5 heteroatoms.